The molecule has 0 aliphatic rings. The van der Waals surface area contributed by atoms with Crippen LogP contribution in [0.2, 0.25) is 0 Å². The number of carbonyl (C=O) groups is 4. The van der Waals surface area contributed by atoms with E-state index in [-0.39, 0.29) is 49.1 Å². The number of nitrogens with one attached hydrogen (secondary N) is 2. The van der Waals surface area contributed by atoms with Crippen molar-refractivity contribution in [3.8, 4) is 5.75 Å². The van der Waals surface area contributed by atoms with Crippen LogP contribution in [0.25, 0.3) is 0 Å². The lowest BCUT2D eigenvalue weighted by atomic mass is 10.1. The molecule has 0 atom stereocenters. The van der Waals surface area contributed by atoms with E-state index in [9.17, 15) is 19.2 Å². The largest absolute Gasteiger partial charge is 0.495 e. The van der Waals surface area contributed by atoms with Crippen molar-refractivity contribution < 1.29 is 23.9 Å². The first-order chi connectivity index (χ1) is 13.8. The Morgan fingerprint density at radius 2 is 1.69 bits per heavy atom. The molecule has 0 unspecified atom stereocenters. The Bertz CT molecular complexity index is 920. The first-order valence-corrected chi connectivity index (χ1v) is 9.97. The van der Waals surface area contributed by atoms with Gasteiger partial charge in [0.25, 0.3) is 0 Å². The molecule has 0 radical (unpaired) electrons. The minimum atomic E-state index is -0.322. The normalized spacial score (nSPS) is 10.3. The number of carbonyl (C=O) groups excluding carboxylic acids is 4. The van der Waals surface area contributed by atoms with Crippen LogP contribution >= 0.6 is 11.3 Å². The van der Waals surface area contributed by atoms with E-state index in [4.69, 9.17) is 4.74 Å². The van der Waals surface area contributed by atoms with Crippen LogP contribution in [0.5, 0.6) is 5.75 Å². The van der Waals surface area contributed by atoms with Crippen molar-refractivity contribution in [2.45, 2.75) is 39.5 Å². The number of aryl methyl sites for hydroxylation is 1. The Morgan fingerprint density at radius 3 is 2.31 bits per heavy atom. The fourth-order valence-electron chi connectivity index (χ4n) is 2.64. The van der Waals surface area contributed by atoms with E-state index >= 15 is 0 Å². The number of hydrogen-bond acceptors (Lipinski definition) is 6. The lowest BCUT2D eigenvalue weighted by Crippen LogP contribution is -2.14. The number of rotatable bonds is 10. The summed E-state index contributed by atoms with van der Waals surface area (Å²) in [5, 5.41) is 5.32. The summed E-state index contributed by atoms with van der Waals surface area (Å²) in [6, 6.07) is 8.50. The summed E-state index contributed by atoms with van der Waals surface area (Å²) in [6.07, 6.45) is 0.362. The van der Waals surface area contributed by atoms with Gasteiger partial charge in [-0.2, -0.15) is 0 Å². The van der Waals surface area contributed by atoms with Gasteiger partial charge in [0.1, 0.15) is 11.5 Å². The van der Waals surface area contributed by atoms with E-state index in [0.717, 1.165) is 4.88 Å². The molecule has 1 aromatic heterocycles. The first kappa shape index (κ1) is 22.3. The molecule has 8 heteroatoms. The monoisotopic (exact) mass is 416 g/mol. The number of hydrogen-bond donors (Lipinski definition) is 2. The van der Waals surface area contributed by atoms with Crippen LogP contribution in [0.3, 0.4) is 0 Å². The van der Waals surface area contributed by atoms with Crippen molar-refractivity contribution in [3.05, 3.63) is 40.1 Å². The summed E-state index contributed by atoms with van der Waals surface area (Å²) in [5.41, 5.74) is 0.923. The van der Waals surface area contributed by atoms with Gasteiger partial charge in [0.2, 0.25) is 11.8 Å². The summed E-state index contributed by atoms with van der Waals surface area (Å²) in [4.78, 5) is 49.2. The molecule has 1 heterocycles. The Balaban J connectivity index is 1.81. The second kappa shape index (κ2) is 10.5. The summed E-state index contributed by atoms with van der Waals surface area (Å²) in [6.45, 7) is 3.30. The fraction of sp³-hybridized carbons (Fsp3) is 0.333. The third kappa shape index (κ3) is 7.15. The molecule has 1 aromatic carbocycles. The van der Waals surface area contributed by atoms with E-state index in [0.29, 0.717) is 22.0 Å². The van der Waals surface area contributed by atoms with Crippen molar-refractivity contribution in [3.63, 3.8) is 0 Å². The molecule has 2 amide bonds. The molecule has 0 aliphatic carbocycles. The zero-order valence-electron chi connectivity index (χ0n) is 16.7. The van der Waals surface area contributed by atoms with Crippen LogP contribution in [-0.4, -0.2) is 30.5 Å². The van der Waals surface area contributed by atoms with Gasteiger partial charge in [0, 0.05) is 43.2 Å². The van der Waals surface area contributed by atoms with Gasteiger partial charge in [-0.05, 0) is 37.3 Å². The van der Waals surface area contributed by atoms with Crippen LogP contribution in [-0.2, 0) is 14.4 Å². The average Bonchev–Trinajstić information content (AvgIpc) is 3.10. The van der Waals surface area contributed by atoms with Gasteiger partial charge in [-0.15, -0.1) is 11.3 Å². The number of anilines is 2. The van der Waals surface area contributed by atoms with Crippen LogP contribution in [0.4, 0.5) is 11.4 Å². The van der Waals surface area contributed by atoms with E-state index in [2.05, 4.69) is 10.6 Å². The maximum Gasteiger partial charge on any atom is 0.224 e. The Kier molecular flexibility index (Phi) is 8.09. The lowest BCUT2D eigenvalue weighted by Gasteiger charge is -2.12. The van der Waals surface area contributed by atoms with Crippen LogP contribution < -0.4 is 15.4 Å². The van der Waals surface area contributed by atoms with E-state index in [1.165, 1.54) is 25.4 Å². The van der Waals surface area contributed by atoms with Gasteiger partial charge in [-0.25, -0.2) is 0 Å². The van der Waals surface area contributed by atoms with Gasteiger partial charge in [0.15, 0.2) is 5.78 Å². The van der Waals surface area contributed by atoms with Crippen molar-refractivity contribution in [1.29, 1.82) is 0 Å². The van der Waals surface area contributed by atoms with Gasteiger partial charge >= 0.3 is 0 Å². The number of methoxy groups -OCH3 is 1. The quantitative estimate of drug-likeness (QED) is 0.571. The van der Waals surface area contributed by atoms with Crippen molar-refractivity contribution in [2.75, 3.05) is 17.7 Å². The number of benzene rings is 1. The summed E-state index contributed by atoms with van der Waals surface area (Å²) in [7, 11) is 1.48. The molecule has 2 N–H and O–H groups in total. The number of ether oxygens (including phenoxy) is 1. The van der Waals surface area contributed by atoms with Crippen molar-refractivity contribution >= 4 is 46.1 Å². The van der Waals surface area contributed by atoms with Gasteiger partial charge in [-0.3, -0.25) is 19.2 Å². The maximum atomic E-state index is 12.1. The molecule has 0 aliphatic heterocycles. The zero-order chi connectivity index (χ0) is 21.4. The summed E-state index contributed by atoms with van der Waals surface area (Å²) in [5.74, 6) is -0.291. The topological polar surface area (TPSA) is 102 Å². The molecule has 2 rings (SSSR count). The van der Waals surface area contributed by atoms with Gasteiger partial charge in [0.05, 0.1) is 17.7 Å². The summed E-state index contributed by atoms with van der Waals surface area (Å²) < 4.78 is 5.17. The molecule has 154 valence electrons. The Morgan fingerprint density at radius 1 is 0.966 bits per heavy atom. The molecular weight excluding hydrogens is 392 g/mol. The standard InChI is InChI=1S/C21H24N2O5S/c1-13-4-10-20(29-13)18(26)8-6-16(25)7-11-21(27)23-15-5-9-19(28-3)17(12-15)22-14(2)24/h4-5,9-10,12H,6-8,11H2,1-3H3,(H,22,24)(H,23,27). The summed E-state index contributed by atoms with van der Waals surface area (Å²) >= 11 is 1.41. The lowest BCUT2D eigenvalue weighted by molar-refractivity contribution is -0.122. The van der Waals surface area contributed by atoms with Crippen molar-refractivity contribution in [2.24, 2.45) is 0 Å². The smallest absolute Gasteiger partial charge is 0.224 e. The Labute approximate surface area is 173 Å². The predicted molar refractivity (Wildman–Crippen MR) is 113 cm³/mol. The number of amides is 2. The van der Waals surface area contributed by atoms with Crippen LogP contribution in [0, 0.1) is 6.92 Å². The highest BCUT2D eigenvalue weighted by atomic mass is 32.1. The molecule has 7 nitrogen and oxygen atoms in total. The molecule has 0 saturated carbocycles. The van der Waals surface area contributed by atoms with Gasteiger partial charge in [-0.1, -0.05) is 0 Å². The second-order valence-electron chi connectivity index (χ2n) is 6.52. The molecule has 0 spiro atoms. The molecule has 0 saturated heterocycles. The fourth-order valence-corrected chi connectivity index (χ4v) is 3.47. The minimum absolute atomic E-state index is 0.0205. The molecular formula is C21H24N2O5S. The molecule has 29 heavy (non-hydrogen) atoms. The average molecular weight is 416 g/mol. The Hall–Kier alpha value is -3.00. The molecule has 0 bridgehead atoms. The number of ketones is 2. The van der Waals surface area contributed by atoms with E-state index in [1.54, 1.807) is 24.3 Å². The second-order valence-corrected chi connectivity index (χ2v) is 7.80. The highest BCUT2D eigenvalue weighted by molar-refractivity contribution is 7.14. The third-order valence-corrected chi connectivity index (χ3v) is 5.11. The number of thiophene rings is 1. The highest BCUT2D eigenvalue weighted by Crippen LogP contribution is 2.28. The first-order valence-electron chi connectivity index (χ1n) is 9.15. The van der Waals surface area contributed by atoms with Crippen LogP contribution in [0.1, 0.15) is 47.2 Å². The van der Waals surface area contributed by atoms with E-state index in [1.807, 2.05) is 13.0 Å². The van der Waals surface area contributed by atoms with Gasteiger partial charge < -0.3 is 15.4 Å². The maximum absolute atomic E-state index is 12.1. The minimum Gasteiger partial charge on any atom is -0.495 e. The SMILES string of the molecule is COc1ccc(NC(=O)CCC(=O)CCC(=O)c2ccc(C)s2)cc1NC(C)=O. The number of Topliss-reactive ketones (excluding diaryl/α,β-unsaturated/α-hetero) is 2. The third-order valence-electron chi connectivity index (χ3n) is 4.07. The zero-order valence-corrected chi connectivity index (χ0v) is 17.5. The van der Waals surface area contributed by atoms with Crippen LogP contribution in [0.15, 0.2) is 30.3 Å². The predicted octanol–water partition coefficient (Wildman–Crippen LogP) is 3.97. The highest BCUT2D eigenvalue weighted by Gasteiger charge is 2.13. The molecule has 0 fully saturated rings. The molecule has 2 aromatic rings. The van der Waals surface area contributed by atoms with Crippen molar-refractivity contribution in [1.82, 2.24) is 0 Å². The van der Waals surface area contributed by atoms with E-state index < -0.39 is 0 Å².